The fraction of sp³-hybridized carbons (Fsp3) is 0.500. The van der Waals surface area contributed by atoms with Crippen LogP contribution in [0.5, 0.6) is 6.01 Å². The Morgan fingerprint density at radius 2 is 2.07 bits per heavy atom. The van der Waals surface area contributed by atoms with Crippen LogP contribution in [0.15, 0.2) is 43.2 Å². The zero-order valence-electron chi connectivity index (χ0n) is 26.1. The zero-order chi connectivity index (χ0) is 30.8. The van der Waals surface area contributed by atoms with Gasteiger partial charge in [-0.1, -0.05) is 31.2 Å². The number of amides is 1. The molecule has 2 aliphatic heterocycles. The summed E-state index contributed by atoms with van der Waals surface area (Å²) in [6, 6.07) is 7.11. The number of hydrogen-bond acceptors (Lipinski definition) is 8. The minimum absolute atomic E-state index is 0.0759. The highest BCUT2D eigenvalue weighted by atomic mass is 16.5. The summed E-state index contributed by atoms with van der Waals surface area (Å²) >= 11 is 0. The molecule has 0 spiro atoms. The van der Waals surface area contributed by atoms with E-state index in [9.17, 15) is 4.79 Å². The van der Waals surface area contributed by atoms with Gasteiger partial charge in [0.25, 0.3) is 0 Å². The van der Waals surface area contributed by atoms with Gasteiger partial charge in [-0.15, -0.1) is 0 Å². The minimum Gasteiger partial charge on any atom is -0.459 e. The number of carbonyl (C=O) groups is 1. The molecule has 0 N–H and O–H groups in total. The van der Waals surface area contributed by atoms with Gasteiger partial charge >= 0.3 is 6.01 Å². The molecule has 6 rings (SSSR count). The van der Waals surface area contributed by atoms with E-state index in [0.29, 0.717) is 38.2 Å². The lowest BCUT2D eigenvalue weighted by Gasteiger charge is -2.41. The molecule has 1 saturated carbocycles. The molecule has 1 aromatic carbocycles. The SMILES string of the molecule is [C-]#[N+]C[C@H]1CN(c2nc(O[C@H](C)CN(C)C3CCC3)nc3c2CCN(c2cncc4cccc(C)c24)C3)CCN1C(=O)C=C. The molecule has 1 saturated heterocycles. The summed E-state index contributed by atoms with van der Waals surface area (Å²) < 4.78 is 6.43. The number of fused-ring (bicyclic) bond motifs is 2. The van der Waals surface area contributed by atoms with Gasteiger partial charge in [-0.3, -0.25) is 14.7 Å². The van der Waals surface area contributed by atoms with E-state index in [-0.39, 0.29) is 24.6 Å². The molecule has 44 heavy (non-hydrogen) atoms. The number of pyridine rings is 1. The maximum absolute atomic E-state index is 12.6. The molecule has 0 bridgehead atoms. The number of aryl methyl sites for hydroxylation is 1. The van der Waals surface area contributed by atoms with E-state index in [1.54, 1.807) is 4.90 Å². The lowest BCUT2D eigenvalue weighted by Crippen LogP contribution is -2.56. The Balaban J connectivity index is 1.33. The maximum atomic E-state index is 12.6. The Morgan fingerprint density at radius 3 is 2.82 bits per heavy atom. The number of carbonyl (C=O) groups excluding carboxylic acids is 1. The molecule has 4 heterocycles. The van der Waals surface area contributed by atoms with Crippen LogP contribution in [-0.4, -0.2) is 95.2 Å². The molecule has 0 radical (unpaired) electrons. The summed E-state index contributed by atoms with van der Waals surface area (Å²) in [6.07, 6.45) is 9.70. The van der Waals surface area contributed by atoms with Gasteiger partial charge in [0.1, 0.15) is 18.0 Å². The first-order valence-corrected chi connectivity index (χ1v) is 15.7. The number of hydrogen-bond donors (Lipinski definition) is 0. The van der Waals surface area contributed by atoms with Crippen LogP contribution in [0.4, 0.5) is 11.5 Å². The largest absolute Gasteiger partial charge is 0.459 e. The quantitative estimate of drug-likeness (QED) is 0.269. The highest BCUT2D eigenvalue weighted by Gasteiger charge is 2.35. The van der Waals surface area contributed by atoms with Crippen LogP contribution in [-0.2, 0) is 17.8 Å². The van der Waals surface area contributed by atoms with Gasteiger partial charge in [-0.25, -0.2) is 6.57 Å². The lowest BCUT2D eigenvalue weighted by atomic mass is 9.92. The third-order valence-corrected chi connectivity index (χ3v) is 9.43. The van der Waals surface area contributed by atoms with Crippen molar-refractivity contribution in [3.63, 3.8) is 0 Å². The smallest absolute Gasteiger partial charge is 0.318 e. The number of aromatic nitrogens is 3. The van der Waals surface area contributed by atoms with Crippen LogP contribution in [0.1, 0.15) is 43.0 Å². The van der Waals surface area contributed by atoms with Crippen LogP contribution in [0.2, 0.25) is 0 Å². The molecule has 1 amide bonds. The Labute approximate surface area is 260 Å². The number of anilines is 2. The summed E-state index contributed by atoms with van der Waals surface area (Å²) in [5.74, 6) is 0.725. The summed E-state index contributed by atoms with van der Waals surface area (Å²) in [4.78, 5) is 39.6. The van der Waals surface area contributed by atoms with Crippen molar-refractivity contribution in [1.82, 2.24) is 24.8 Å². The normalized spacial score (nSPS) is 19.3. The summed E-state index contributed by atoms with van der Waals surface area (Å²) in [5, 5.41) is 2.34. The molecule has 2 aromatic heterocycles. The van der Waals surface area contributed by atoms with Crippen molar-refractivity contribution < 1.29 is 9.53 Å². The fourth-order valence-corrected chi connectivity index (χ4v) is 6.86. The predicted molar refractivity (Wildman–Crippen MR) is 173 cm³/mol. The van der Waals surface area contributed by atoms with Gasteiger partial charge in [-0.2, -0.15) is 9.97 Å². The summed E-state index contributed by atoms with van der Waals surface area (Å²) in [7, 11) is 2.17. The monoisotopic (exact) mass is 594 g/mol. The van der Waals surface area contributed by atoms with Gasteiger partial charge in [0.2, 0.25) is 12.5 Å². The molecule has 3 aliphatic rings. The molecule has 2 fully saturated rings. The van der Waals surface area contributed by atoms with E-state index in [1.807, 2.05) is 12.4 Å². The van der Waals surface area contributed by atoms with E-state index in [2.05, 4.69) is 70.2 Å². The second-order valence-corrected chi connectivity index (χ2v) is 12.4. The number of rotatable bonds is 9. The number of piperazine rings is 1. The third kappa shape index (κ3) is 5.93. The number of nitrogens with zero attached hydrogens (tertiary/aromatic N) is 8. The first-order chi connectivity index (χ1) is 21.4. The molecule has 0 unspecified atom stereocenters. The topological polar surface area (TPSA) is 82.3 Å². The van der Waals surface area contributed by atoms with Gasteiger partial charge in [0.15, 0.2) is 0 Å². The van der Waals surface area contributed by atoms with Gasteiger partial charge in [0.05, 0.1) is 24.1 Å². The van der Waals surface area contributed by atoms with Crippen molar-refractivity contribution >= 4 is 28.2 Å². The average molecular weight is 595 g/mol. The molecule has 3 aromatic rings. The molecule has 10 heteroatoms. The highest BCUT2D eigenvalue weighted by molar-refractivity contribution is 5.96. The Hall–Kier alpha value is -4.23. The molecule has 230 valence electrons. The Morgan fingerprint density at radius 1 is 1.23 bits per heavy atom. The van der Waals surface area contributed by atoms with E-state index in [4.69, 9.17) is 21.3 Å². The number of likely N-dealkylation sites (N-methyl/N-ethyl adjacent to an activating group) is 1. The van der Waals surface area contributed by atoms with E-state index in [1.165, 1.54) is 36.3 Å². The number of benzene rings is 1. The van der Waals surface area contributed by atoms with Gasteiger partial charge in [0, 0.05) is 61.3 Å². The Bertz CT molecular complexity index is 1580. The molecular formula is C34H42N8O2. The van der Waals surface area contributed by atoms with E-state index in [0.717, 1.165) is 47.7 Å². The van der Waals surface area contributed by atoms with Crippen molar-refractivity contribution in [2.45, 2.75) is 64.3 Å². The standard InChI is InChI=1S/C34H42N8O2/c1-6-31(43)42-16-15-41(21-27(42)18-35-4)33-28-13-14-40(30-19-36-17-25-10-7-9-23(2)32(25)30)22-29(28)37-34(38-33)44-24(3)20-39(5)26-11-8-12-26/h6-7,9-10,17,19,24,26-27H,1,8,11-16,18,20-22H2,2-3,5H3/t24-,27+/m1/s1. The lowest BCUT2D eigenvalue weighted by molar-refractivity contribution is -0.128. The average Bonchev–Trinajstić information content (AvgIpc) is 2.99. The molecular weight excluding hydrogens is 552 g/mol. The first-order valence-electron chi connectivity index (χ1n) is 15.7. The summed E-state index contributed by atoms with van der Waals surface area (Å²) in [5.41, 5.74) is 4.40. The van der Waals surface area contributed by atoms with Gasteiger partial charge < -0.3 is 24.3 Å². The third-order valence-electron chi connectivity index (χ3n) is 9.43. The maximum Gasteiger partial charge on any atom is 0.318 e. The first kappa shape index (κ1) is 29.8. The van der Waals surface area contributed by atoms with Crippen molar-refractivity contribution in [1.29, 1.82) is 0 Å². The minimum atomic E-state index is -0.235. The van der Waals surface area contributed by atoms with Crippen molar-refractivity contribution in [3.05, 3.63) is 71.5 Å². The summed E-state index contributed by atoms with van der Waals surface area (Å²) in [6.45, 7) is 19.5. The number of ether oxygens (including phenoxy) is 1. The van der Waals surface area contributed by atoms with Crippen molar-refractivity contribution in [3.8, 4) is 6.01 Å². The second kappa shape index (κ2) is 12.8. The van der Waals surface area contributed by atoms with Crippen LogP contribution >= 0.6 is 0 Å². The van der Waals surface area contributed by atoms with E-state index >= 15 is 0 Å². The molecule has 10 nitrogen and oxygen atoms in total. The van der Waals surface area contributed by atoms with Crippen molar-refractivity contribution in [2.24, 2.45) is 0 Å². The predicted octanol–water partition coefficient (Wildman–Crippen LogP) is 4.27. The second-order valence-electron chi connectivity index (χ2n) is 12.4. The Kier molecular flexibility index (Phi) is 8.67. The zero-order valence-corrected chi connectivity index (χ0v) is 26.1. The van der Waals surface area contributed by atoms with E-state index < -0.39 is 0 Å². The van der Waals surface area contributed by atoms with Crippen LogP contribution in [0, 0.1) is 13.5 Å². The molecule has 1 aliphatic carbocycles. The van der Waals surface area contributed by atoms with Crippen molar-refractivity contribution in [2.75, 3.05) is 56.1 Å². The molecule has 2 atom stereocenters. The fourth-order valence-electron chi connectivity index (χ4n) is 6.86. The van der Waals surface area contributed by atoms with Crippen LogP contribution in [0.25, 0.3) is 15.6 Å². The van der Waals surface area contributed by atoms with Crippen LogP contribution < -0.4 is 14.5 Å². The van der Waals surface area contributed by atoms with Gasteiger partial charge in [-0.05, 0) is 51.8 Å². The highest BCUT2D eigenvalue weighted by Crippen LogP contribution is 2.35. The van der Waals surface area contributed by atoms with Crippen LogP contribution in [0.3, 0.4) is 0 Å².